The zero-order valence-electron chi connectivity index (χ0n) is 8.11. The third-order valence-corrected chi connectivity index (χ3v) is 3.15. The molecule has 0 aliphatic heterocycles. The van der Waals surface area contributed by atoms with Crippen LogP contribution in [0.1, 0.15) is 25.0 Å². The summed E-state index contributed by atoms with van der Waals surface area (Å²) >= 11 is 5.64. The number of carboxylic acids is 1. The first kappa shape index (κ1) is 10.4. The van der Waals surface area contributed by atoms with Gasteiger partial charge in [-0.1, -0.05) is 6.42 Å². The van der Waals surface area contributed by atoms with E-state index in [-0.39, 0.29) is 5.28 Å². The predicted octanol–water partition coefficient (Wildman–Crippen LogP) is 1.93. The highest BCUT2D eigenvalue weighted by Crippen LogP contribution is 2.43. The van der Waals surface area contributed by atoms with Crippen molar-refractivity contribution in [3.8, 4) is 0 Å². The molecule has 0 atom stereocenters. The molecule has 1 N–H and O–H groups in total. The van der Waals surface area contributed by atoms with Gasteiger partial charge in [0, 0.05) is 18.3 Å². The number of carboxylic acid groups (broad SMARTS) is 1. The molecule has 5 heteroatoms. The number of carbonyl (C=O) groups is 1. The molecular weight excluding hydrogens is 216 g/mol. The van der Waals surface area contributed by atoms with E-state index in [2.05, 4.69) is 9.97 Å². The number of hydrogen-bond donors (Lipinski definition) is 1. The lowest BCUT2D eigenvalue weighted by molar-refractivity contribution is -0.154. The quantitative estimate of drug-likeness (QED) is 0.800. The molecule has 0 aromatic carbocycles. The molecule has 15 heavy (non-hydrogen) atoms. The third-order valence-electron chi connectivity index (χ3n) is 2.97. The van der Waals surface area contributed by atoms with Gasteiger partial charge in [0.1, 0.15) is 0 Å². The Kier molecular flexibility index (Phi) is 2.61. The second kappa shape index (κ2) is 3.77. The topological polar surface area (TPSA) is 63.1 Å². The van der Waals surface area contributed by atoms with Gasteiger partial charge >= 0.3 is 5.97 Å². The number of aromatic nitrogens is 2. The first-order valence-electron chi connectivity index (χ1n) is 4.83. The summed E-state index contributed by atoms with van der Waals surface area (Å²) in [7, 11) is 0. The van der Waals surface area contributed by atoms with Gasteiger partial charge in [-0.25, -0.2) is 9.97 Å². The van der Waals surface area contributed by atoms with Crippen molar-refractivity contribution >= 4 is 17.6 Å². The van der Waals surface area contributed by atoms with Crippen molar-refractivity contribution in [3.05, 3.63) is 23.2 Å². The number of nitrogens with zero attached hydrogens (tertiary/aromatic N) is 2. The minimum Gasteiger partial charge on any atom is -0.481 e. The number of halogens is 1. The van der Waals surface area contributed by atoms with Crippen LogP contribution in [0, 0.1) is 5.41 Å². The van der Waals surface area contributed by atoms with Crippen molar-refractivity contribution in [2.45, 2.75) is 25.7 Å². The van der Waals surface area contributed by atoms with E-state index in [9.17, 15) is 4.79 Å². The Balaban J connectivity index is 2.17. The summed E-state index contributed by atoms with van der Waals surface area (Å²) in [4.78, 5) is 18.9. The van der Waals surface area contributed by atoms with Crippen LogP contribution in [0.5, 0.6) is 0 Å². The minimum atomic E-state index is -0.733. The van der Waals surface area contributed by atoms with Crippen LogP contribution in [0.2, 0.25) is 5.28 Å². The van der Waals surface area contributed by atoms with Crippen LogP contribution in [-0.4, -0.2) is 21.0 Å². The Morgan fingerprint density at radius 1 is 1.60 bits per heavy atom. The van der Waals surface area contributed by atoms with Crippen LogP contribution in [0.3, 0.4) is 0 Å². The van der Waals surface area contributed by atoms with Gasteiger partial charge in [0.25, 0.3) is 0 Å². The molecule has 0 bridgehead atoms. The van der Waals surface area contributed by atoms with Gasteiger partial charge in [-0.05, 0) is 30.5 Å². The van der Waals surface area contributed by atoms with Crippen molar-refractivity contribution in [2.24, 2.45) is 5.41 Å². The summed E-state index contributed by atoms with van der Waals surface area (Å²) in [6.07, 6.45) is 4.43. The first-order chi connectivity index (χ1) is 7.12. The average molecular weight is 227 g/mol. The van der Waals surface area contributed by atoms with Crippen LogP contribution in [0.4, 0.5) is 0 Å². The number of aliphatic carboxylic acids is 1. The van der Waals surface area contributed by atoms with Crippen molar-refractivity contribution in [1.29, 1.82) is 0 Å². The Bertz CT molecular complexity index is 391. The van der Waals surface area contributed by atoms with E-state index < -0.39 is 11.4 Å². The van der Waals surface area contributed by atoms with Gasteiger partial charge < -0.3 is 5.11 Å². The van der Waals surface area contributed by atoms with E-state index >= 15 is 0 Å². The lowest BCUT2D eigenvalue weighted by Gasteiger charge is -2.37. The number of hydrogen-bond acceptors (Lipinski definition) is 3. The Hall–Kier alpha value is -1.16. The van der Waals surface area contributed by atoms with E-state index in [0.717, 1.165) is 19.3 Å². The van der Waals surface area contributed by atoms with Gasteiger partial charge in [-0.3, -0.25) is 4.79 Å². The fourth-order valence-corrected chi connectivity index (χ4v) is 2.05. The Labute approximate surface area is 92.3 Å². The summed E-state index contributed by atoms with van der Waals surface area (Å²) in [5, 5.41) is 9.31. The maximum atomic E-state index is 11.1. The van der Waals surface area contributed by atoms with E-state index in [4.69, 9.17) is 16.7 Å². The van der Waals surface area contributed by atoms with E-state index in [1.165, 1.54) is 0 Å². The largest absolute Gasteiger partial charge is 0.481 e. The van der Waals surface area contributed by atoms with Gasteiger partial charge in [0.2, 0.25) is 5.28 Å². The lowest BCUT2D eigenvalue weighted by Crippen LogP contribution is -2.40. The highest BCUT2D eigenvalue weighted by Gasteiger charge is 2.44. The number of rotatable bonds is 3. The van der Waals surface area contributed by atoms with E-state index in [0.29, 0.717) is 12.1 Å². The molecule has 2 rings (SSSR count). The van der Waals surface area contributed by atoms with Crippen LogP contribution in [0.15, 0.2) is 12.3 Å². The molecule has 1 aromatic heterocycles. The fraction of sp³-hybridized carbons (Fsp3) is 0.500. The van der Waals surface area contributed by atoms with Crippen LogP contribution in [0.25, 0.3) is 0 Å². The molecule has 0 radical (unpaired) electrons. The molecule has 4 nitrogen and oxygen atoms in total. The van der Waals surface area contributed by atoms with Crippen molar-refractivity contribution in [2.75, 3.05) is 0 Å². The molecular formula is C10H11ClN2O2. The fourth-order valence-electron chi connectivity index (χ4n) is 1.88. The normalized spacial score (nSPS) is 18.2. The summed E-state index contributed by atoms with van der Waals surface area (Å²) < 4.78 is 0. The standard InChI is InChI=1S/C10H11ClN2O2/c11-9-12-5-2-7(13-9)6-10(8(14)15)3-1-4-10/h2,5H,1,3-4,6H2,(H,14,15). The van der Waals surface area contributed by atoms with Crippen molar-refractivity contribution in [1.82, 2.24) is 9.97 Å². The molecule has 0 saturated heterocycles. The zero-order chi connectivity index (χ0) is 10.9. The summed E-state index contributed by atoms with van der Waals surface area (Å²) in [6, 6.07) is 1.72. The Morgan fingerprint density at radius 2 is 2.33 bits per heavy atom. The zero-order valence-corrected chi connectivity index (χ0v) is 8.87. The molecule has 1 aliphatic carbocycles. The maximum absolute atomic E-state index is 11.1. The van der Waals surface area contributed by atoms with Crippen molar-refractivity contribution in [3.63, 3.8) is 0 Å². The SMILES string of the molecule is O=C(O)C1(Cc2ccnc(Cl)n2)CCC1. The van der Waals surface area contributed by atoms with Crippen molar-refractivity contribution < 1.29 is 9.90 Å². The summed E-state index contributed by atoms with van der Waals surface area (Å²) in [6.45, 7) is 0. The molecule has 0 spiro atoms. The summed E-state index contributed by atoms with van der Waals surface area (Å²) in [5.41, 5.74) is 0.0922. The second-order valence-electron chi connectivity index (χ2n) is 3.93. The monoisotopic (exact) mass is 226 g/mol. The average Bonchev–Trinajstić information content (AvgIpc) is 2.11. The molecule has 1 saturated carbocycles. The maximum Gasteiger partial charge on any atom is 0.310 e. The molecule has 1 aliphatic rings. The van der Waals surface area contributed by atoms with E-state index in [1.54, 1.807) is 12.3 Å². The van der Waals surface area contributed by atoms with Crippen LogP contribution in [-0.2, 0) is 11.2 Å². The van der Waals surface area contributed by atoms with Gasteiger partial charge in [0.05, 0.1) is 5.41 Å². The van der Waals surface area contributed by atoms with E-state index in [1.807, 2.05) is 0 Å². The molecule has 1 fully saturated rings. The third kappa shape index (κ3) is 1.95. The van der Waals surface area contributed by atoms with Gasteiger partial charge in [-0.15, -0.1) is 0 Å². The molecule has 0 amide bonds. The van der Waals surface area contributed by atoms with Gasteiger partial charge in [0.15, 0.2) is 0 Å². The first-order valence-corrected chi connectivity index (χ1v) is 5.21. The molecule has 0 unspecified atom stereocenters. The predicted molar refractivity (Wildman–Crippen MR) is 54.7 cm³/mol. The smallest absolute Gasteiger partial charge is 0.310 e. The highest BCUT2D eigenvalue weighted by atomic mass is 35.5. The van der Waals surface area contributed by atoms with Gasteiger partial charge in [-0.2, -0.15) is 0 Å². The van der Waals surface area contributed by atoms with Crippen LogP contribution < -0.4 is 0 Å². The molecule has 1 heterocycles. The van der Waals surface area contributed by atoms with Crippen LogP contribution >= 0.6 is 11.6 Å². The second-order valence-corrected chi connectivity index (χ2v) is 4.27. The summed E-state index contributed by atoms with van der Waals surface area (Å²) in [5.74, 6) is -0.733. The minimum absolute atomic E-state index is 0.173. The Morgan fingerprint density at radius 3 is 2.80 bits per heavy atom. The molecule has 80 valence electrons. The molecule has 1 aromatic rings. The lowest BCUT2D eigenvalue weighted by atomic mass is 9.66. The highest BCUT2D eigenvalue weighted by molar-refractivity contribution is 6.28.